The third-order valence-corrected chi connectivity index (χ3v) is 4.33. The minimum absolute atomic E-state index is 0.00634. The topological polar surface area (TPSA) is 49.9 Å². The number of rotatable bonds is 5. The molecule has 2 aromatic rings. The zero-order valence-corrected chi connectivity index (χ0v) is 14.7. The predicted octanol–water partition coefficient (Wildman–Crippen LogP) is 3.11. The standard InChI is InChI=1S/C19H19ClN2O3/c1-2-21(11-14-6-5-7-15(20)10-14)18(23)12-22-16-8-3-4-9-17(16)25-13-19(22)24/h3-10H,2,11-13H2,1H3. The Morgan fingerprint density at radius 1 is 1.24 bits per heavy atom. The van der Waals surface area contributed by atoms with Crippen molar-refractivity contribution in [2.75, 3.05) is 24.6 Å². The van der Waals surface area contributed by atoms with Crippen LogP contribution in [0, 0.1) is 0 Å². The van der Waals surface area contributed by atoms with Crippen LogP contribution in [0.5, 0.6) is 5.75 Å². The number of para-hydroxylation sites is 2. The normalized spacial score (nSPS) is 13.2. The van der Waals surface area contributed by atoms with Crippen LogP contribution in [0.25, 0.3) is 0 Å². The Morgan fingerprint density at radius 3 is 2.80 bits per heavy atom. The van der Waals surface area contributed by atoms with Crippen LogP contribution < -0.4 is 9.64 Å². The van der Waals surface area contributed by atoms with Crippen molar-refractivity contribution >= 4 is 29.1 Å². The van der Waals surface area contributed by atoms with E-state index in [9.17, 15) is 9.59 Å². The zero-order chi connectivity index (χ0) is 17.8. The fourth-order valence-corrected chi connectivity index (χ4v) is 3.01. The molecule has 0 N–H and O–H groups in total. The molecule has 0 unspecified atom stereocenters. The minimum Gasteiger partial charge on any atom is -0.482 e. The highest BCUT2D eigenvalue weighted by atomic mass is 35.5. The Bertz CT molecular complexity index is 794. The monoisotopic (exact) mass is 358 g/mol. The lowest BCUT2D eigenvalue weighted by Gasteiger charge is -2.31. The van der Waals surface area contributed by atoms with E-state index < -0.39 is 0 Å². The van der Waals surface area contributed by atoms with Gasteiger partial charge in [-0.25, -0.2) is 0 Å². The quantitative estimate of drug-likeness (QED) is 0.825. The number of hydrogen-bond acceptors (Lipinski definition) is 3. The van der Waals surface area contributed by atoms with Crippen molar-refractivity contribution in [2.45, 2.75) is 13.5 Å². The van der Waals surface area contributed by atoms with Crippen molar-refractivity contribution in [3.05, 3.63) is 59.1 Å². The van der Waals surface area contributed by atoms with Crippen LogP contribution in [0.4, 0.5) is 5.69 Å². The highest BCUT2D eigenvalue weighted by molar-refractivity contribution is 6.30. The Balaban J connectivity index is 1.75. The van der Waals surface area contributed by atoms with E-state index in [1.54, 1.807) is 23.1 Å². The molecule has 25 heavy (non-hydrogen) atoms. The van der Waals surface area contributed by atoms with Gasteiger partial charge >= 0.3 is 0 Å². The van der Waals surface area contributed by atoms with Crippen molar-refractivity contribution in [3.63, 3.8) is 0 Å². The maximum absolute atomic E-state index is 12.7. The smallest absolute Gasteiger partial charge is 0.265 e. The van der Waals surface area contributed by atoms with E-state index in [1.165, 1.54) is 4.90 Å². The van der Waals surface area contributed by atoms with Crippen molar-refractivity contribution < 1.29 is 14.3 Å². The van der Waals surface area contributed by atoms with Gasteiger partial charge in [0.15, 0.2) is 6.61 Å². The molecule has 6 heteroatoms. The average Bonchev–Trinajstić information content (AvgIpc) is 2.62. The summed E-state index contributed by atoms with van der Waals surface area (Å²) in [6, 6.07) is 14.7. The van der Waals surface area contributed by atoms with Gasteiger partial charge < -0.3 is 9.64 Å². The van der Waals surface area contributed by atoms with Crippen LogP contribution in [0.3, 0.4) is 0 Å². The van der Waals surface area contributed by atoms with Crippen molar-refractivity contribution in [3.8, 4) is 5.75 Å². The molecule has 5 nitrogen and oxygen atoms in total. The second-order valence-corrected chi connectivity index (χ2v) is 6.21. The molecule has 1 aliphatic rings. The molecule has 0 bridgehead atoms. The first kappa shape index (κ1) is 17.3. The number of hydrogen-bond donors (Lipinski definition) is 0. The number of ether oxygens (including phenoxy) is 1. The second kappa shape index (κ2) is 7.57. The lowest BCUT2D eigenvalue weighted by molar-refractivity contribution is -0.132. The van der Waals surface area contributed by atoms with E-state index in [0.29, 0.717) is 29.5 Å². The maximum atomic E-state index is 12.7. The number of halogens is 1. The van der Waals surface area contributed by atoms with Gasteiger partial charge in [-0.2, -0.15) is 0 Å². The van der Waals surface area contributed by atoms with E-state index in [4.69, 9.17) is 16.3 Å². The zero-order valence-electron chi connectivity index (χ0n) is 13.9. The number of benzene rings is 2. The molecule has 0 spiro atoms. The molecule has 3 rings (SSSR count). The van der Waals surface area contributed by atoms with Crippen LogP contribution >= 0.6 is 11.6 Å². The molecule has 0 atom stereocenters. The summed E-state index contributed by atoms with van der Waals surface area (Å²) >= 11 is 6.01. The van der Waals surface area contributed by atoms with E-state index in [0.717, 1.165) is 5.56 Å². The summed E-state index contributed by atoms with van der Waals surface area (Å²) < 4.78 is 5.41. The third-order valence-electron chi connectivity index (χ3n) is 4.10. The highest BCUT2D eigenvalue weighted by Crippen LogP contribution is 2.31. The van der Waals surface area contributed by atoms with E-state index in [1.807, 2.05) is 37.3 Å². The lowest BCUT2D eigenvalue weighted by atomic mass is 10.2. The van der Waals surface area contributed by atoms with E-state index in [-0.39, 0.29) is 25.0 Å². The number of carbonyl (C=O) groups is 2. The molecule has 0 saturated carbocycles. The second-order valence-electron chi connectivity index (χ2n) is 5.77. The van der Waals surface area contributed by atoms with Crippen LogP contribution in [0.1, 0.15) is 12.5 Å². The van der Waals surface area contributed by atoms with Gasteiger partial charge in [-0.05, 0) is 36.8 Å². The Kier molecular flexibility index (Phi) is 5.24. The average molecular weight is 359 g/mol. The minimum atomic E-state index is -0.217. The van der Waals surface area contributed by atoms with E-state index >= 15 is 0 Å². The van der Waals surface area contributed by atoms with Crippen LogP contribution in [0.2, 0.25) is 5.02 Å². The Morgan fingerprint density at radius 2 is 2.04 bits per heavy atom. The molecule has 0 saturated heterocycles. The van der Waals surface area contributed by atoms with Gasteiger partial charge in [0.1, 0.15) is 12.3 Å². The maximum Gasteiger partial charge on any atom is 0.265 e. The summed E-state index contributed by atoms with van der Waals surface area (Å²) in [4.78, 5) is 28.2. The van der Waals surface area contributed by atoms with Crippen LogP contribution in [0.15, 0.2) is 48.5 Å². The Hall–Kier alpha value is -2.53. The molecule has 130 valence electrons. The molecule has 2 amide bonds. The van der Waals surface area contributed by atoms with Crippen LogP contribution in [-0.4, -0.2) is 36.4 Å². The lowest BCUT2D eigenvalue weighted by Crippen LogP contribution is -2.46. The molecular weight excluding hydrogens is 340 g/mol. The molecule has 0 aliphatic carbocycles. The van der Waals surface area contributed by atoms with Gasteiger partial charge in [-0.1, -0.05) is 35.9 Å². The molecule has 0 radical (unpaired) electrons. The number of anilines is 1. The summed E-state index contributed by atoms with van der Waals surface area (Å²) in [7, 11) is 0. The van der Waals surface area contributed by atoms with Gasteiger partial charge in [0, 0.05) is 18.1 Å². The van der Waals surface area contributed by atoms with Crippen molar-refractivity contribution in [2.24, 2.45) is 0 Å². The highest BCUT2D eigenvalue weighted by Gasteiger charge is 2.28. The van der Waals surface area contributed by atoms with E-state index in [2.05, 4.69) is 0 Å². The summed E-state index contributed by atoms with van der Waals surface area (Å²) in [5.74, 6) is 0.283. The number of nitrogens with zero attached hydrogens (tertiary/aromatic N) is 2. The van der Waals surface area contributed by atoms with Crippen molar-refractivity contribution in [1.29, 1.82) is 0 Å². The number of amides is 2. The summed E-state index contributed by atoms with van der Waals surface area (Å²) in [5, 5.41) is 0.637. The van der Waals surface area contributed by atoms with Gasteiger partial charge in [-0.15, -0.1) is 0 Å². The molecular formula is C19H19ClN2O3. The van der Waals surface area contributed by atoms with Gasteiger partial charge in [0.05, 0.1) is 5.69 Å². The first-order valence-corrected chi connectivity index (χ1v) is 8.50. The predicted molar refractivity (Wildman–Crippen MR) is 96.8 cm³/mol. The van der Waals surface area contributed by atoms with Gasteiger partial charge in [0.2, 0.25) is 5.91 Å². The first-order valence-electron chi connectivity index (χ1n) is 8.13. The summed E-state index contributed by atoms with van der Waals surface area (Å²) in [6.45, 7) is 2.86. The summed E-state index contributed by atoms with van der Waals surface area (Å²) in [6.07, 6.45) is 0. The van der Waals surface area contributed by atoms with Gasteiger partial charge in [-0.3, -0.25) is 14.5 Å². The fourth-order valence-electron chi connectivity index (χ4n) is 2.79. The number of carbonyl (C=O) groups excluding carboxylic acids is 2. The third kappa shape index (κ3) is 3.94. The fraction of sp³-hybridized carbons (Fsp3) is 0.263. The van der Waals surface area contributed by atoms with Crippen molar-refractivity contribution in [1.82, 2.24) is 4.90 Å². The van der Waals surface area contributed by atoms with Gasteiger partial charge in [0.25, 0.3) is 5.91 Å². The SMILES string of the molecule is CCN(Cc1cccc(Cl)c1)C(=O)CN1C(=O)COc2ccccc21. The molecule has 2 aromatic carbocycles. The number of likely N-dealkylation sites (N-methyl/N-ethyl adjacent to an activating group) is 1. The molecule has 0 aromatic heterocycles. The summed E-state index contributed by atoms with van der Waals surface area (Å²) in [5.41, 5.74) is 1.59. The first-order chi connectivity index (χ1) is 12.1. The van der Waals surface area contributed by atoms with Crippen LogP contribution in [-0.2, 0) is 16.1 Å². The molecule has 0 fully saturated rings. The largest absolute Gasteiger partial charge is 0.482 e. The molecule has 1 heterocycles. The molecule has 1 aliphatic heterocycles. The number of fused-ring (bicyclic) bond motifs is 1. The Labute approximate surface area is 151 Å².